The predicted molar refractivity (Wildman–Crippen MR) is 197 cm³/mol. The van der Waals surface area contributed by atoms with E-state index in [1.165, 1.54) is 35.4 Å². The van der Waals surface area contributed by atoms with Crippen LogP contribution in [0, 0.1) is 0 Å². The van der Waals surface area contributed by atoms with Gasteiger partial charge in [0, 0.05) is 53.4 Å². The molecule has 9 nitrogen and oxygen atoms in total. The number of aromatic nitrogens is 2. The van der Waals surface area contributed by atoms with Gasteiger partial charge in [0.25, 0.3) is 5.91 Å². The van der Waals surface area contributed by atoms with Crippen molar-refractivity contribution in [3.63, 3.8) is 0 Å². The summed E-state index contributed by atoms with van der Waals surface area (Å²) in [5.74, 6) is -0.624. The first-order valence-corrected chi connectivity index (χ1v) is 16.4. The highest BCUT2D eigenvalue weighted by molar-refractivity contribution is 6.31. The van der Waals surface area contributed by atoms with Crippen molar-refractivity contribution >= 4 is 51.0 Å². The highest BCUT2D eigenvalue weighted by Crippen LogP contribution is 2.36. The Morgan fingerprint density at radius 3 is 2.14 bits per heavy atom. The molecule has 0 aliphatic carbocycles. The fourth-order valence-electron chi connectivity index (χ4n) is 5.62. The average molecular weight is 696 g/mol. The van der Waals surface area contributed by atoms with Gasteiger partial charge >= 0.3 is 5.97 Å². The van der Waals surface area contributed by atoms with Crippen molar-refractivity contribution < 1.29 is 23.8 Å². The van der Waals surface area contributed by atoms with E-state index in [1.807, 2.05) is 66.7 Å². The standard InChI is InChI=1S/C41H30ClN3O6/c1-45(40(47)31-19-28-13-8-17-43-33(28)22-38(31)49-24-26-9-4-2-5-10-26)35-20-29(42)14-15-37(35)51-41(48)32-21-30-34(44-18-16-36(30)46)23-39(32)50-25-27-11-6-3-7-12-27/h2-23H,24-25H2,1H3,(H,44,46). The summed E-state index contributed by atoms with van der Waals surface area (Å²) in [4.78, 5) is 49.8. The Labute approximate surface area is 297 Å². The molecule has 0 fully saturated rings. The van der Waals surface area contributed by atoms with E-state index in [2.05, 4.69) is 9.97 Å². The Kier molecular flexibility index (Phi) is 9.45. The molecule has 0 radical (unpaired) electrons. The van der Waals surface area contributed by atoms with E-state index in [4.69, 9.17) is 25.8 Å². The number of esters is 1. The fourth-order valence-corrected chi connectivity index (χ4v) is 5.79. The first kappa shape index (κ1) is 33.1. The lowest BCUT2D eigenvalue weighted by Crippen LogP contribution is -2.28. The van der Waals surface area contributed by atoms with Crippen molar-refractivity contribution in [3.05, 3.63) is 171 Å². The lowest BCUT2D eigenvalue weighted by Gasteiger charge is -2.22. The summed E-state index contributed by atoms with van der Waals surface area (Å²) >= 11 is 6.43. The Bertz CT molecular complexity index is 2450. The zero-order valence-electron chi connectivity index (χ0n) is 27.3. The van der Waals surface area contributed by atoms with Gasteiger partial charge in [-0.05, 0) is 47.5 Å². The van der Waals surface area contributed by atoms with E-state index >= 15 is 0 Å². The first-order chi connectivity index (χ1) is 24.8. The van der Waals surface area contributed by atoms with Gasteiger partial charge in [0.1, 0.15) is 30.3 Å². The van der Waals surface area contributed by atoms with Crippen LogP contribution in [-0.4, -0.2) is 28.9 Å². The van der Waals surface area contributed by atoms with Crippen LogP contribution in [0.1, 0.15) is 31.8 Å². The Morgan fingerprint density at radius 2 is 1.43 bits per heavy atom. The number of nitrogens with one attached hydrogen (secondary N) is 1. The minimum atomic E-state index is -0.795. The van der Waals surface area contributed by atoms with Gasteiger partial charge in [-0.15, -0.1) is 0 Å². The maximum absolute atomic E-state index is 14.3. The van der Waals surface area contributed by atoms with Gasteiger partial charge in [-0.25, -0.2) is 4.79 Å². The zero-order valence-corrected chi connectivity index (χ0v) is 28.1. The lowest BCUT2D eigenvalue weighted by molar-refractivity contribution is 0.0729. The molecule has 10 heteroatoms. The summed E-state index contributed by atoms with van der Waals surface area (Å²) in [5, 5.41) is 1.35. The summed E-state index contributed by atoms with van der Waals surface area (Å²) in [5.41, 5.74) is 3.23. The number of anilines is 1. The van der Waals surface area contributed by atoms with E-state index in [-0.39, 0.29) is 52.3 Å². The highest BCUT2D eigenvalue weighted by atomic mass is 35.5. The smallest absolute Gasteiger partial charge is 0.347 e. The molecule has 51 heavy (non-hydrogen) atoms. The Morgan fingerprint density at radius 1 is 0.745 bits per heavy atom. The predicted octanol–water partition coefficient (Wildman–Crippen LogP) is 8.38. The molecular weight excluding hydrogens is 666 g/mol. The average Bonchev–Trinajstić information content (AvgIpc) is 3.16. The molecule has 0 bridgehead atoms. The molecule has 0 saturated heterocycles. The first-order valence-electron chi connectivity index (χ1n) is 16.0. The number of ether oxygens (including phenoxy) is 3. The topological polar surface area (TPSA) is 111 Å². The third-order valence-electron chi connectivity index (χ3n) is 8.28. The van der Waals surface area contributed by atoms with Crippen molar-refractivity contribution in [2.24, 2.45) is 0 Å². The molecule has 7 rings (SSSR count). The van der Waals surface area contributed by atoms with Crippen molar-refractivity contribution in [1.29, 1.82) is 0 Å². The summed E-state index contributed by atoms with van der Waals surface area (Å²) in [6.45, 7) is 0.398. The molecule has 1 N–H and O–H groups in total. The van der Waals surface area contributed by atoms with E-state index in [0.29, 0.717) is 21.8 Å². The molecule has 2 heterocycles. The third-order valence-corrected chi connectivity index (χ3v) is 8.51. The van der Waals surface area contributed by atoms with E-state index in [9.17, 15) is 14.4 Å². The molecule has 1 amide bonds. The van der Waals surface area contributed by atoms with Gasteiger partial charge in [0.2, 0.25) is 0 Å². The molecule has 0 atom stereocenters. The van der Waals surface area contributed by atoms with E-state index in [1.54, 1.807) is 43.6 Å². The molecule has 0 aliphatic rings. The minimum absolute atomic E-state index is 0.0311. The number of rotatable bonds is 10. The Hall–Kier alpha value is -6.45. The second-order valence-electron chi connectivity index (χ2n) is 11.7. The van der Waals surface area contributed by atoms with Crippen LogP contribution in [0.5, 0.6) is 17.2 Å². The van der Waals surface area contributed by atoms with Crippen LogP contribution < -0.4 is 24.5 Å². The van der Waals surface area contributed by atoms with E-state index < -0.39 is 11.9 Å². The molecule has 0 unspecified atom stereocenters. The summed E-state index contributed by atoms with van der Waals surface area (Å²) < 4.78 is 18.2. The highest BCUT2D eigenvalue weighted by Gasteiger charge is 2.25. The number of amides is 1. The van der Waals surface area contributed by atoms with Crippen LogP contribution in [0.4, 0.5) is 5.69 Å². The number of carbonyl (C=O) groups is 2. The van der Waals surface area contributed by atoms with E-state index in [0.717, 1.165) is 16.5 Å². The fraction of sp³-hybridized carbons (Fsp3) is 0.0732. The number of fused-ring (bicyclic) bond motifs is 2. The molecular formula is C41H30ClN3O6. The molecule has 7 aromatic rings. The normalized spacial score (nSPS) is 10.9. The van der Waals surface area contributed by atoms with Gasteiger partial charge in [-0.3, -0.25) is 14.6 Å². The van der Waals surface area contributed by atoms with Crippen LogP contribution >= 0.6 is 11.6 Å². The maximum atomic E-state index is 14.3. The van der Waals surface area contributed by atoms with Gasteiger partial charge in [0.05, 0.1) is 22.3 Å². The second kappa shape index (κ2) is 14.6. The molecule has 0 aliphatic heterocycles. The number of hydrogen-bond donors (Lipinski definition) is 1. The Balaban J connectivity index is 1.22. The summed E-state index contributed by atoms with van der Waals surface area (Å²) in [6.07, 6.45) is 3.20. The number of carbonyl (C=O) groups excluding carboxylic acids is 2. The summed E-state index contributed by atoms with van der Waals surface area (Å²) in [6, 6.07) is 35.2. The largest absolute Gasteiger partial charge is 0.488 e. The second-order valence-corrected chi connectivity index (χ2v) is 12.1. The quantitative estimate of drug-likeness (QED) is 0.113. The minimum Gasteiger partial charge on any atom is -0.488 e. The monoisotopic (exact) mass is 695 g/mol. The molecule has 252 valence electrons. The number of halogens is 1. The van der Waals surface area contributed by atoms with Gasteiger partial charge in [-0.2, -0.15) is 0 Å². The van der Waals surface area contributed by atoms with Gasteiger partial charge in [-0.1, -0.05) is 78.3 Å². The van der Waals surface area contributed by atoms with Crippen LogP contribution in [0.15, 0.2) is 139 Å². The maximum Gasteiger partial charge on any atom is 0.347 e. The van der Waals surface area contributed by atoms with Crippen LogP contribution in [0.2, 0.25) is 5.02 Å². The van der Waals surface area contributed by atoms with Gasteiger partial charge in [0.15, 0.2) is 11.2 Å². The number of pyridine rings is 2. The van der Waals surface area contributed by atoms with Crippen LogP contribution in [0.3, 0.4) is 0 Å². The SMILES string of the molecule is CN(C(=O)c1cc2cccnc2cc1OCc1ccccc1)c1cc(Cl)ccc1OC(=O)c1cc2c(=O)cc[nH]c2cc1OCc1ccccc1. The van der Waals surface area contributed by atoms with Crippen molar-refractivity contribution in [3.8, 4) is 17.2 Å². The van der Waals surface area contributed by atoms with Crippen molar-refractivity contribution in [2.45, 2.75) is 13.2 Å². The molecule has 5 aromatic carbocycles. The number of benzene rings is 5. The molecule has 2 aromatic heterocycles. The number of aromatic amines is 1. The number of H-pyrrole nitrogens is 1. The molecule has 0 spiro atoms. The number of nitrogens with zero attached hydrogens (tertiary/aromatic N) is 2. The summed E-state index contributed by atoms with van der Waals surface area (Å²) in [7, 11) is 1.56. The third kappa shape index (κ3) is 7.29. The van der Waals surface area contributed by atoms with Crippen LogP contribution in [-0.2, 0) is 13.2 Å². The van der Waals surface area contributed by atoms with Crippen molar-refractivity contribution in [1.82, 2.24) is 9.97 Å². The number of hydrogen-bond acceptors (Lipinski definition) is 7. The molecule has 0 saturated carbocycles. The zero-order chi connectivity index (χ0) is 35.3. The van der Waals surface area contributed by atoms with Gasteiger partial charge < -0.3 is 24.1 Å². The van der Waals surface area contributed by atoms with Crippen molar-refractivity contribution in [2.75, 3.05) is 11.9 Å². The van der Waals surface area contributed by atoms with Crippen LogP contribution in [0.25, 0.3) is 21.8 Å². The lowest BCUT2D eigenvalue weighted by atomic mass is 10.1.